The Labute approximate surface area is 120 Å². The molecule has 0 amide bonds. The van der Waals surface area contributed by atoms with Gasteiger partial charge in [-0.25, -0.2) is 4.98 Å². The third kappa shape index (κ3) is 3.39. The second-order valence-electron chi connectivity index (χ2n) is 5.89. The van der Waals surface area contributed by atoms with Gasteiger partial charge in [-0.3, -0.25) is 4.79 Å². The summed E-state index contributed by atoms with van der Waals surface area (Å²) in [7, 11) is 0. The van der Waals surface area contributed by atoms with Crippen LogP contribution in [-0.2, 0) is 6.54 Å². The number of aromatic nitrogens is 2. The van der Waals surface area contributed by atoms with E-state index in [4.69, 9.17) is 5.73 Å². The fourth-order valence-corrected chi connectivity index (χ4v) is 3.01. The minimum Gasteiger partial charge on any atom is -0.365 e. The lowest BCUT2D eigenvalue weighted by molar-refractivity contribution is 0.215. The van der Waals surface area contributed by atoms with Crippen molar-refractivity contribution in [2.24, 2.45) is 11.1 Å². The molecule has 5 nitrogen and oxygen atoms in total. The van der Waals surface area contributed by atoms with E-state index in [9.17, 15) is 4.79 Å². The number of rotatable bonds is 6. The molecule has 1 aromatic heterocycles. The Morgan fingerprint density at radius 2 is 2.15 bits per heavy atom. The zero-order valence-electron chi connectivity index (χ0n) is 12.4. The van der Waals surface area contributed by atoms with Crippen LogP contribution in [0.15, 0.2) is 17.2 Å². The topological polar surface area (TPSA) is 72.9 Å². The van der Waals surface area contributed by atoms with Crippen LogP contribution in [0.3, 0.4) is 0 Å². The summed E-state index contributed by atoms with van der Waals surface area (Å²) in [4.78, 5) is 16.4. The molecule has 3 N–H and O–H groups in total. The second kappa shape index (κ2) is 6.88. The summed E-state index contributed by atoms with van der Waals surface area (Å²) >= 11 is 0. The first kappa shape index (κ1) is 15.0. The van der Waals surface area contributed by atoms with Crippen LogP contribution < -0.4 is 16.6 Å². The molecule has 0 saturated heterocycles. The standard InChI is InChI=1S/C15H26N4O/c1-2-9-19-10-8-17-13(14(19)20)18-12-15(11-16)6-4-3-5-7-15/h8,10H,2-7,9,11-12,16H2,1H3,(H,17,18). The Balaban J connectivity index is 2.06. The molecule has 0 aliphatic heterocycles. The molecule has 1 saturated carbocycles. The van der Waals surface area contributed by atoms with Crippen molar-refractivity contribution >= 4 is 5.82 Å². The molecule has 1 fully saturated rings. The summed E-state index contributed by atoms with van der Waals surface area (Å²) < 4.78 is 1.71. The average Bonchev–Trinajstić information content (AvgIpc) is 2.49. The molecule has 0 bridgehead atoms. The Hall–Kier alpha value is -1.36. The molecule has 1 heterocycles. The largest absolute Gasteiger partial charge is 0.365 e. The van der Waals surface area contributed by atoms with Gasteiger partial charge < -0.3 is 15.6 Å². The third-order valence-electron chi connectivity index (χ3n) is 4.36. The molecule has 1 aliphatic rings. The SMILES string of the molecule is CCCn1ccnc(NCC2(CN)CCCCC2)c1=O. The highest BCUT2D eigenvalue weighted by molar-refractivity contribution is 5.31. The zero-order chi connectivity index (χ0) is 14.4. The maximum Gasteiger partial charge on any atom is 0.293 e. The van der Waals surface area contributed by atoms with Gasteiger partial charge in [0, 0.05) is 25.5 Å². The van der Waals surface area contributed by atoms with Gasteiger partial charge in [0.25, 0.3) is 5.56 Å². The molecule has 1 aliphatic carbocycles. The van der Waals surface area contributed by atoms with Crippen LogP contribution in [0, 0.1) is 5.41 Å². The number of hydrogen-bond acceptors (Lipinski definition) is 4. The smallest absolute Gasteiger partial charge is 0.293 e. The van der Waals surface area contributed by atoms with Crippen molar-refractivity contribution in [1.82, 2.24) is 9.55 Å². The quantitative estimate of drug-likeness (QED) is 0.834. The Morgan fingerprint density at radius 1 is 1.40 bits per heavy atom. The summed E-state index contributed by atoms with van der Waals surface area (Å²) in [5.41, 5.74) is 6.08. The first-order valence-electron chi connectivity index (χ1n) is 7.70. The van der Waals surface area contributed by atoms with Crippen LogP contribution in [0.25, 0.3) is 0 Å². The molecule has 0 unspecified atom stereocenters. The first-order valence-corrected chi connectivity index (χ1v) is 7.70. The van der Waals surface area contributed by atoms with Crippen molar-refractivity contribution in [3.8, 4) is 0 Å². The highest BCUT2D eigenvalue weighted by Crippen LogP contribution is 2.35. The lowest BCUT2D eigenvalue weighted by Gasteiger charge is -2.36. The van der Waals surface area contributed by atoms with E-state index >= 15 is 0 Å². The summed E-state index contributed by atoms with van der Waals surface area (Å²) in [5.74, 6) is 0.458. The molecule has 0 radical (unpaired) electrons. The Kier molecular flexibility index (Phi) is 5.17. The number of nitrogens with one attached hydrogen (secondary N) is 1. The van der Waals surface area contributed by atoms with Crippen molar-refractivity contribution in [1.29, 1.82) is 0 Å². The van der Waals surface area contributed by atoms with E-state index in [1.165, 1.54) is 19.3 Å². The highest BCUT2D eigenvalue weighted by atomic mass is 16.1. The fraction of sp³-hybridized carbons (Fsp3) is 0.733. The Bertz CT molecular complexity index is 477. The van der Waals surface area contributed by atoms with E-state index in [-0.39, 0.29) is 11.0 Å². The van der Waals surface area contributed by atoms with Crippen molar-refractivity contribution < 1.29 is 0 Å². The maximum absolute atomic E-state index is 12.2. The van der Waals surface area contributed by atoms with E-state index in [0.717, 1.165) is 32.4 Å². The summed E-state index contributed by atoms with van der Waals surface area (Å²) in [6, 6.07) is 0. The van der Waals surface area contributed by atoms with Gasteiger partial charge in [0.05, 0.1) is 0 Å². The maximum atomic E-state index is 12.2. The van der Waals surface area contributed by atoms with Crippen LogP contribution in [-0.4, -0.2) is 22.6 Å². The van der Waals surface area contributed by atoms with Crippen molar-refractivity contribution in [2.45, 2.75) is 52.0 Å². The van der Waals surface area contributed by atoms with E-state index in [1.807, 2.05) is 0 Å². The molecule has 20 heavy (non-hydrogen) atoms. The number of hydrogen-bond donors (Lipinski definition) is 2. The summed E-state index contributed by atoms with van der Waals surface area (Å²) in [6.45, 7) is 4.22. The van der Waals surface area contributed by atoms with E-state index in [2.05, 4.69) is 17.2 Å². The molecule has 0 atom stereocenters. The van der Waals surface area contributed by atoms with Crippen LogP contribution >= 0.6 is 0 Å². The molecular formula is C15H26N4O. The fourth-order valence-electron chi connectivity index (χ4n) is 3.01. The van der Waals surface area contributed by atoms with E-state index < -0.39 is 0 Å². The lowest BCUT2D eigenvalue weighted by Crippen LogP contribution is -2.40. The van der Waals surface area contributed by atoms with E-state index in [1.54, 1.807) is 17.0 Å². The van der Waals surface area contributed by atoms with Gasteiger partial charge in [-0.2, -0.15) is 0 Å². The lowest BCUT2D eigenvalue weighted by atomic mass is 9.74. The third-order valence-corrected chi connectivity index (χ3v) is 4.36. The predicted molar refractivity (Wildman–Crippen MR) is 81.9 cm³/mol. The number of aryl methyl sites for hydroxylation is 1. The van der Waals surface area contributed by atoms with Crippen LogP contribution in [0.5, 0.6) is 0 Å². The van der Waals surface area contributed by atoms with Gasteiger partial charge in [0.15, 0.2) is 5.82 Å². The van der Waals surface area contributed by atoms with Crippen LogP contribution in [0.1, 0.15) is 45.4 Å². The van der Waals surface area contributed by atoms with Gasteiger partial charge in [0.1, 0.15) is 0 Å². The average molecular weight is 278 g/mol. The highest BCUT2D eigenvalue weighted by Gasteiger charge is 2.30. The van der Waals surface area contributed by atoms with Gasteiger partial charge in [-0.15, -0.1) is 0 Å². The van der Waals surface area contributed by atoms with Gasteiger partial charge in [-0.05, 0) is 31.2 Å². The first-order chi connectivity index (χ1) is 9.71. The molecular weight excluding hydrogens is 252 g/mol. The molecule has 1 aromatic rings. The number of nitrogens with two attached hydrogens (primary N) is 1. The molecule has 5 heteroatoms. The van der Waals surface area contributed by atoms with Gasteiger partial charge >= 0.3 is 0 Å². The second-order valence-corrected chi connectivity index (χ2v) is 5.89. The van der Waals surface area contributed by atoms with Crippen molar-refractivity contribution in [3.63, 3.8) is 0 Å². The molecule has 2 rings (SSSR count). The molecule has 0 aromatic carbocycles. The summed E-state index contributed by atoms with van der Waals surface area (Å²) in [6.07, 6.45) is 10.4. The minimum absolute atomic E-state index is 0.0302. The monoisotopic (exact) mass is 278 g/mol. The normalized spacial score (nSPS) is 17.9. The summed E-state index contributed by atoms with van der Waals surface area (Å²) in [5, 5.41) is 3.25. The Morgan fingerprint density at radius 3 is 2.80 bits per heavy atom. The number of anilines is 1. The van der Waals surface area contributed by atoms with Crippen LogP contribution in [0.4, 0.5) is 5.82 Å². The van der Waals surface area contributed by atoms with Gasteiger partial charge in [-0.1, -0.05) is 26.2 Å². The minimum atomic E-state index is -0.0302. The molecule has 112 valence electrons. The van der Waals surface area contributed by atoms with E-state index in [0.29, 0.717) is 12.4 Å². The predicted octanol–water partition coefficient (Wildman–Crippen LogP) is 1.97. The van der Waals surface area contributed by atoms with Crippen molar-refractivity contribution in [2.75, 3.05) is 18.4 Å². The van der Waals surface area contributed by atoms with Gasteiger partial charge in [0.2, 0.25) is 0 Å². The van der Waals surface area contributed by atoms with Crippen LogP contribution in [0.2, 0.25) is 0 Å². The number of nitrogens with zero attached hydrogens (tertiary/aromatic N) is 2. The molecule has 0 spiro atoms. The zero-order valence-corrected chi connectivity index (χ0v) is 12.4. The van der Waals surface area contributed by atoms with Crippen molar-refractivity contribution in [3.05, 3.63) is 22.7 Å².